The molecule has 106 valence electrons. The number of carbonyl (C=O) groups excluding carboxylic acids is 1. The van der Waals surface area contributed by atoms with Gasteiger partial charge in [-0.3, -0.25) is 4.79 Å². The lowest BCUT2D eigenvalue weighted by Gasteiger charge is -2.42. The highest BCUT2D eigenvalue weighted by Crippen LogP contribution is 2.67. The first-order valence-electron chi connectivity index (χ1n) is 6.90. The van der Waals surface area contributed by atoms with Crippen molar-refractivity contribution >= 4 is 11.9 Å². The van der Waals surface area contributed by atoms with Crippen LogP contribution in [-0.4, -0.2) is 29.4 Å². The Morgan fingerprint density at radius 1 is 1.50 bits per heavy atom. The highest BCUT2D eigenvalue weighted by atomic mass is 16.8. The SMILES string of the molecule is CC1=CC23CC(=O)OC4(CO4)C2C(C(=O)O)=CC3C1C. The molecule has 0 saturated carbocycles. The molecule has 2 aliphatic carbocycles. The van der Waals surface area contributed by atoms with E-state index in [0.29, 0.717) is 12.2 Å². The fourth-order valence-electron chi connectivity index (χ4n) is 4.50. The largest absolute Gasteiger partial charge is 0.478 e. The minimum Gasteiger partial charge on any atom is -0.478 e. The van der Waals surface area contributed by atoms with Gasteiger partial charge in [0.1, 0.15) is 6.61 Å². The number of rotatable bonds is 1. The van der Waals surface area contributed by atoms with Gasteiger partial charge in [-0.2, -0.15) is 0 Å². The molecule has 5 atom stereocenters. The summed E-state index contributed by atoms with van der Waals surface area (Å²) in [5.74, 6) is -2.34. The average Bonchev–Trinajstić information content (AvgIpc) is 2.94. The molecule has 5 heteroatoms. The van der Waals surface area contributed by atoms with Gasteiger partial charge in [0.05, 0.1) is 12.3 Å². The number of carbonyl (C=O) groups is 2. The van der Waals surface area contributed by atoms with E-state index in [1.165, 1.54) is 5.57 Å². The van der Waals surface area contributed by atoms with Crippen LogP contribution in [0.3, 0.4) is 0 Å². The summed E-state index contributed by atoms with van der Waals surface area (Å²) >= 11 is 0. The van der Waals surface area contributed by atoms with Gasteiger partial charge >= 0.3 is 11.9 Å². The Labute approximate surface area is 116 Å². The second kappa shape index (κ2) is 3.34. The molecular weight excluding hydrogens is 260 g/mol. The van der Waals surface area contributed by atoms with E-state index in [-0.39, 0.29) is 30.1 Å². The van der Waals surface area contributed by atoms with E-state index >= 15 is 0 Å². The third kappa shape index (κ3) is 1.22. The van der Waals surface area contributed by atoms with Crippen molar-refractivity contribution < 1.29 is 24.2 Å². The molecule has 5 unspecified atom stereocenters. The topological polar surface area (TPSA) is 76.1 Å². The van der Waals surface area contributed by atoms with Crippen LogP contribution in [0.1, 0.15) is 20.3 Å². The maximum Gasteiger partial charge on any atom is 0.331 e. The van der Waals surface area contributed by atoms with E-state index in [4.69, 9.17) is 9.47 Å². The van der Waals surface area contributed by atoms with Gasteiger partial charge in [-0.05, 0) is 18.8 Å². The molecule has 0 aromatic heterocycles. The fourth-order valence-corrected chi connectivity index (χ4v) is 4.50. The van der Waals surface area contributed by atoms with Gasteiger partial charge in [0, 0.05) is 11.0 Å². The number of hydrogen-bond acceptors (Lipinski definition) is 4. The lowest BCUT2D eigenvalue weighted by Crippen LogP contribution is -2.49. The van der Waals surface area contributed by atoms with E-state index in [1.54, 1.807) is 0 Å². The second-order valence-electron chi connectivity index (χ2n) is 6.43. The molecule has 2 spiro atoms. The number of esters is 1. The second-order valence-corrected chi connectivity index (χ2v) is 6.43. The molecule has 5 nitrogen and oxygen atoms in total. The maximum absolute atomic E-state index is 12.0. The summed E-state index contributed by atoms with van der Waals surface area (Å²) in [6.07, 6.45) is 4.17. The van der Waals surface area contributed by atoms with E-state index in [2.05, 4.69) is 13.0 Å². The number of allylic oxidation sites excluding steroid dienone is 3. The van der Waals surface area contributed by atoms with Crippen LogP contribution in [0.2, 0.25) is 0 Å². The lowest BCUT2D eigenvalue weighted by atomic mass is 9.65. The van der Waals surface area contributed by atoms with Crippen molar-refractivity contribution in [3.8, 4) is 0 Å². The van der Waals surface area contributed by atoms with Crippen molar-refractivity contribution in [3.05, 3.63) is 23.3 Å². The van der Waals surface area contributed by atoms with Gasteiger partial charge in [0.2, 0.25) is 5.79 Å². The van der Waals surface area contributed by atoms with Crippen molar-refractivity contribution in [2.75, 3.05) is 6.61 Å². The van der Waals surface area contributed by atoms with Crippen LogP contribution in [0.5, 0.6) is 0 Å². The molecule has 2 heterocycles. The van der Waals surface area contributed by atoms with Crippen LogP contribution >= 0.6 is 0 Å². The van der Waals surface area contributed by atoms with Crippen LogP contribution in [0.15, 0.2) is 23.3 Å². The first-order valence-corrected chi connectivity index (χ1v) is 6.90. The molecule has 0 aromatic rings. The zero-order valence-electron chi connectivity index (χ0n) is 11.4. The Morgan fingerprint density at radius 3 is 2.80 bits per heavy atom. The van der Waals surface area contributed by atoms with Crippen LogP contribution in [0, 0.1) is 23.2 Å². The minimum atomic E-state index is -1.03. The quantitative estimate of drug-likeness (QED) is 0.446. The monoisotopic (exact) mass is 276 g/mol. The van der Waals surface area contributed by atoms with Crippen LogP contribution < -0.4 is 0 Å². The van der Waals surface area contributed by atoms with Crippen LogP contribution in [0.25, 0.3) is 0 Å². The van der Waals surface area contributed by atoms with E-state index < -0.39 is 17.2 Å². The number of aliphatic carboxylic acids is 1. The maximum atomic E-state index is 12.0. The summed E-state index contributed by atoms with van der Waals surface area (Å²) in [5.41, 5.74) is 1.09. The van der Waals surface area contributed by atoms with E-state index in [9.17, 15) is 14.7 Å². The first-order chi connectivity index (χ1) is 9.40. The summed E-state index contributed by atoms with van der Waals surface area (Å²) in [6, 6.07) is 0. The third-order valence-electron chi connectivity index (χ3n) is 5.43. The van der Waals surface area contributed by atoms with Gasteiger partial charge < -0.3 is 14.6 Å². The summed E-state index contributed by atoms with van der Waals surface area (Å²) in [4.78, 5) is 23.6. The molecule has 0 bridgehead atoms. The third-order valence-corrected chi connectivity index (χ3v) is 5.43. The molecule has 0 aromatic carbocycles. The summed E-state index contributed by atoms with van der Waals surface area (Å²) in [6.45, 7) is 4.43. The summed E-state index contributed by atoms with van der Waals surface area (Å²) < 4.78 is 10.8. The van der Waals surface area contributed by atoms with Crippen molar-refractivity contribution in [1.82, 2.24) is 0 Å². The van der Waals surface area contributed by atoms with Crippen LogP contribution in [0.4, 0.5) is 0 Å². The van der Waals surface area contributed by atoms with Gasteiger partial charge in [-0.1, -0.05) is 24.6 Å². The molecule has 0 amide bonds. The standard InChI is InChI=1S/C15H16O5/c1-7-4-14-5-11(16)20-15(6-19-15)12(14)9(13(17)18)3-10(14)8(7)2/h3-4,8,10,12H,5-6H2,1-2H3,(H,17,18). The predicted molar refractivity (Wildman–Crippen MR) is 67.4 cm³/mol. The van der Waals surface area contributed by atoms with Gasteiger partial charge in [0.25, 0.3) is 0 Å². The predicted octanol–water partition coefficient (Wildman–Crippen LogP) is 1.50. The molecule has 2 aliphatic heterocycles. The van der Waals surface area contributed by atoms with Crippen molar-refractivity contribution in [3.63, 3.8) is 0 Å². The first kappa shape index (κ1) is 12.1. The molecular formula is C15H16O5. The highest BCUT2D eigenvalue weighted by Gasteiger charge is 2.72. The number of epoxide rings is 1. The number of carboxylic acid groups (broad SMARTS) is 1. The number of ether oxygens (including phenoxy) is 2. The Kier molecular flexibility index (Phi) is 2.03. The summed E-state index contributed by atoms with van der Waals surface area (Å²) in [7, 11) is 0. The summed E-state index contributed by atoms with van der Waals surface area (Å²) in [5, 5.41) is 9.50. The molecule has 4 rings (SSSR count). The smallest absolute Gasteiger partial charge is 0.331 e. The molecule has 0 radical (unpaired) electrons. The Balaban J connectivity index is 1.90. The van der Waals surface area contributed by atoms with Crippen LogP contribution in [-0.2, 0) is 19.1 Å². The van der Waals surface area contributed by atoms with Gasteiger partial charge in [-0.15, -0.1) is 0 Å². The zero-order chi connectivity index (χ0) is 14.3. The minimum absolute atomic E-state index is 0.0486. The fraction of sp³-hybridized carbons (Fsp3) is 0.600. The Bertz CT molecular complexity index is 597. The Hall–Kier alpha value is -1.62. The van der Waals surface area contributed by atoms with E-state index in [0.717, 1.165) is 0 Å². The van der Waals surface area contributed by atoms with Crippen molar-refractivity contribution in [2.45, 2.75) is 26.1 Å². The van der Waals surface area contributed by atoms with Crippen molar-refractivity contribution in [2.24, 2.45) is 23.2 Å². The highest BCUT2D eigenvalue weighted by molar-refractivity contribution is 5.90. The normalized spacial score (nSPS) is 48.3. The lowest BCUT2D eigenvalue weighted by molar-refractivity contribution is -0.186. The average molecular weight is 276 g/mol. The molecule has 20 heavy (non-hydrogen) atoms. The molecule has 2 fully saturated rings. The van der Waals surface area contributed by atoms with Gasteiger partial charge in [-0.25, -0.2) is 4.79 Å². The number of hydrogen-bond donors (Lipinski definition) is 1. The van der Waals surface area contributed by atoms with Gasteiger partial charge in [0.15, 0.2) is 0 Å². The molecule has 2 saturated heterocycles. The molecule has 4 aliphatic rings. The Morgan fingerprint density at radius 2 is 2.20 bits per heavy atom. The zero-order valence-corrected chi connectivity index (χ0v) is 11.4. The number of carboxylic acids is 1. The van der Waals surface area contributed by atoms with Crippen molar-refractivity contribution in [1.29, 1.82) is 0 Å². The molecule has 1 N–H and O–H groups in total. The van der Waals surface area contributed by atoms with E-state index in [1.807, 2.05) is 13.0 Å². The number of fused-ring (bicyclic) bond motifs is 1.